The van der Waals surface area contributed by atoms with Crippen molar-refractivity contribution >= 4 is 12.4 Å². The third-order valence-corrected chi connectivity index (χ3v) is 3.65. The Morgan fingerprint density at radius 2 is 1.82 bits per heavy atom. The number of hydrogen-bond donors (Lipinski definition) is 2. The Kier molecular flexibility index (Phi) is 4.84. The lowest BCUT2D eigenvalue weighted by Gasteiger charge is -2.33. The van der Waals surface area contributed by atoms with E-state index in [4.69, 9.17) is 0 Å². The molecule has 0 saturated heterocycles. The van der Waals surface area contributed by atoms with Crippen molar-refractivity contribution in [1.82, 2.24) is 5.32 Å². The predicted octanol–water partition coefficient (Wildman–Crippen LogP) is 3.32. The molecule has 1 saturated carbocycles. The van der Waals surface area contributed by atoms with E-state index in [0.717, 1.165) is 23.6 Å². The van der Waals surface area contributed by atoms with Crippen molar-refractivity contribution < 1.29 is 5.11 Å². The van der Waals surface area contributed by atoms with E-state index in [0.29, 0.717) is 11.8 Å². The minimum Gasteiger partial charge on any atom is -0.508 e. The summed E-state index contributed by atoms with van der Waals surface area (Å²) in [4.78, 5) is 0. The largest absolute Gasteiger partial charge is 0.508 e. The van der Waals surface area contributed by atoms with Crippen molar-refractivity contribution in [2.45, 2.75) is 46.2 Å². The van der Waals surface area contributed by atoms with Gasteiger partial charge < -0.3 is 10.4 Å². The third-order valence-electron chi connectivity index (χ3n) is 3.65. The zero-order valence-corrected chi connectivity index (χ0v) is 11.6. The third kappa shape index (κ3) is 3.36. The van der Waals surface area contributed by atoms with Gasteiger partial charge in [0.15, 0.2) is 0 Å². The number of benzene rings is 1. The summed E-state index contributed by atoms with van der Waals surface area (Å²) in [5.41, 5.74) is 3.41. The first kappa shape index (κ1) is 14.3. The molecule has 17 heavy (non-hydrogen) atoms. The van der Waals surface area contributed by atoms with E-state index in [9.17, 15) is 5.11 Å². The van der Waals surface area contributed by atoms with Crippen LogP contribution in [-0.4, -0.2) is 11.1 Å². The normalized spacial score (nSPS) is 22.8. The predicted molar refractivity (Wildman–Crippen MR) is 73.9 cm³/mol. The second kappa shape index (κ2) is 5.74. The molecule has 0 amide bonds. The van der Waals surface area contributed by atoms with Gasteiger partial charge in [0.25, 0.3) is 0 Å². The first-order chi connectivity index (χ1) is 7.56. The molecule has 0 radical (unpaired) electrons. The van der Waals surface area contributed by atoms with Crippen LogP contribution in [0.25, 0.3) is 0 Å². The molecule has 96 valence electrons. The average Bonchev–Trinajstić information content (AvgIpc) is 2.18. The van der Waals surface area contributed by atoms with Gasteiger partial charge in [-0.05, 0) is 49.8 Å². The molecule has 0 heterocycles. The van der Waals surface area contributed by atoms with E-state index in [1.165, 1.54) is 18.4 Å². The summed E-state index contributed by atoms with van der Waals surface area (Å²) in [5.74, 6) is 1.29. The monoisotopic (exact) mass is 255 g/mol. The number of nitrogens with one attached hydrogen (secondary N) is 1. The SMILES string of the molecule is Cc1cc(O)c(CNC2CC(C)C2)cc1C.Cl. The summed E-state index contributed by atoms with van der Waals surface area (Å²) in [6, 6.07) is 4.59. The van der Waals surface area contributed by atoms with Crippen LogP contribution >= 0.6 is 12.4 Å². The van der Waals surface area contributed by atoms with Gasteiger partial charge in [-0.15, -0.1) is 12.4 Å². The van der Waals surface area contributed by atoms with Crippen LogP contribution in [0.15, 0.2) is 12.1 Å². The standard InChI is InChI=1S/C14H21NO.ClH/c1-9-4-13(5-9)15-8-12-6-10(2)11(3)7-14(12)16;/h6-7,9,13,15-16H,4-5,8H2,1-3H3;1H. The summed E-state index contributed by atoms with van der Waals surface area (Å²) in [6.45, 7) is 7.18. The highest BCUT2D eigenvalue weighted by atomic mass is 35.5. The Hall–Kier alpha value is -0.730. The molecule has 0 bridgehead atoms. The van der Waals surface area contributed by atoms with Gasteiger partial charge in [-0.1, -0.05) is 13.0 Å². The summed E-state index contributed by atoms with van der Waals surface area (Å²) in [6.07, 6.45) is 2.54. The maximum Gasteiger partial charge on any atom is 0.120 e. The molecule has 0 spiro atoms. The average molecular weight is 256 g/mol. The molecule has 1 fully saturated rings. The summed E-state index contributed by atoms with van der Waals surface area (Å²) < 4.78 is 0. The molecule has 1 aromatic rings. The minimum absolute atomic E-state index is 0. The molecule has 2 rings (SSSR count). The zero-order valence-electron chi connectivity index (χ0n) is 10.8. The number of aryl methyl sites for hydroxylation is 2. The molecule has 0 atom stereocenters. The maximum atomic E-state index is 9.83. The number of aromatic hydroxyl groups is 1. The van der Waals surface area contributed by atoms with Crippen molar-refractivity contribution in [3.8, 4) is 5.75 Å². The maximum absolute atomic E-state index is 9.83. The van der Waals surface area contributed by atoms with Crippen molar-refractivity contribution in [3.05, 3.63) is 28.8 Å². The number of phenols is 1. The molecule has 1 aliphatic rings. The molecule has 2 N–H and O–H groups in total. The molecule has 0 aliphatic heterocycles. The highest BCUT2D eigenvalue weighted by Gasteiger charge is 2.24. The van der Waals surface area contributed by atoms with Gasteiger partial charge in [0.05, 0.1) is 0 Å². The molecule has 0 unspecified atom stereocenters. The lowest BCUT2D eigenvalue weighted by Crippen LogP contribution is -2.39. The van der Waals surface area contributed by atoms with E-state index in [-0.39, 0.29) is 12.4 Å². The number of phenolic OH excluding ortho intramolecular Hbond substituents is 1. The topological polar surface area (TPSA) is 32.3 Å². The molecule has 3 heteroatoms. The van der Waals surface area contributed by atoms with Gasteiger partial charge in [0.1, 0.15) is 5.75 Å². The number of hydrogen-bond acceptors (Lipinski definition) is 2. The first-order valence-corrected chi connectivity index (χ1v) is 6.08. The van der Waals surface area contributed by atoms with E-state index in [1.807, 2.05) is 13.0 Å². The van der Waals surface area contributed by atoms with Crippen LogP contribution in [0.5, 0.6) is 5.75 Å². The highest BCUT2D eigenvalue weighted by Crippen LogP contribution is 2.27. The molecular weight excluding hydrogens is 234 g/mol. The van der Waals surface area contributed by atoms with Gasteiger partial charge in [0.2, 0.25) is 0 Å². The number of halogens is 1. The van der Waals surface area contributed by atoms with E-state index >= 15 is 0 Å². The van der Waals surface area contributed by atoms with E-state index < -0.39 is 0 Å². The smallest absolute Gasteiger partial charge is 0.120 e. The van der Waals surface area contributed by atoms with Crippen LogP contribution in [-0.2, 0) is 6.54 Å². The van der Waals surface area contributed by atoms with Crippen molar-refractivity contribution in [2.24, 2.45) is 5.92 Å². The molecule has 1 aliphatic carbocycles. The first-order valence-electron chi connectivity index (χ1n) is 6.08. The van der Waals surface area contributed by atoms with Crippen LogP contribution in [0, 0.1) is 19.8 Å². The molecule has 0 aromatic heterocycles. The van der Waals surface area contributed by atoms with Crippen molar-refractivity contribution in [3.63, 3.8) is 0 Å². The molecular formula is C14H22ClNO. The van der Waals surface area contributed by atoms with Crippen LogP contribution in [0.4, 0.5) is 0 Å². The van der Waals surface area contributed by atoms with E-state index in [1.54, 1.807) is 0 Å². The van der Waals surface area contributed by atoms with Gasteiger partial charge in [-0.2, -0.15) is 0 Å². The molecule has 1 aromatic carbocycles. The lowest BCUT2D eigenvalue weighted by molar-refractivity contribution is 0.239. The molecule has 2 nitrogen and oxygen atoms in total. The Balaban J connectivity index is 0.00000144. The summed E-state index contributed by atoms with van der Waals surface area (Å²) in [7, 11) is 0. The van der Waals surface area contributed by atoms with E-state index in [2.05, 4.69) is 25.2 Å². The van der Waals surface area contributed by atoms with Crippen molar-refractivity contribution in [1.29, 1.82) is 0 Å². The Morgan fingerprint density at radius 1 is 1.24 bits per heavy atom. The van der Waals surface area contributed by atoms with Crippen LogP contribution in [0.2, 0.25) is 0 Å². The Labute approximate surface area is 110 Å². The van der Waals surface area contributed by atoms with Crippen LogP contribution in [0.1, 0.15) is 36.5 Å². The van der Waals surface area contributed by atoms with Crippen LogP contribution < -0.4 is 5.32 Å². The zero-order chi connectivity index (χ0) is 11.7. The second-order valence-corrected chi connectivity index (χ2v) is 5.22. The fourth-order valence-corrected chi connectivity index (χ4v) is 2.33. The van der Waals surface area contributed by atoms with Gasteiger partial charge >= 0.3 is 0 Å². The van der Waals surface area contributed by atoms with Gasteiger partial charge in [-0.25, -0.2) is 0 Å². The quantitative estimate of drug-likeness (QED) is 0.869. The summed E-state index contributed by atoms with van der Waals surface area (Å²) in [5, 5.41) is 13.3. The van der Waals surface area contributed by atoms with Crippen molar-refractivity contribution in [2.75, 3.05) is 0 Å². The Bertz CT molecular complexity index is 386. The fraction of sp³-hybridized carbons (Fsp3) is 0.571. The Morgan fingerprint density at radius 3 is 2.41 bits per heavy atom. The fourth-order valence-electron chi connectivity index (χ4n) is 2.33. The van der Waals surface area contributed by atoms with Gasteiger partial charge in [-0.3, -0.25) is 0 Å². The second-order valence-electron chi connectivity index (χ2n) is 5.22. The van der Waals surface area contributed by atoms with Crippen LogP contribution in [0.3, 0.4) is 0 Å². The highest BCUT2D eigenvalue weighted by molar-refractivity contribution is 5.85. The summed E-state index contributed by atoms with van der Waals surface area (Å²) >= 11 is 0. The number of rotatable bonds is 3. The lowest BCUT2D eigenvalue weighted by atomic mass is 9.82. The minimum atomic E-state index is 0. The van der Waals surface area contributed by atoms with Gasteiger partial charge in [0, 0.05) is 18.2 Å².